The van der Waals surface area contributed by atoms with Crippen LogP contribution >= 0.6 is 45.2 Å². The van der Waals surface area contributed by atoms with Gasteiger partial charge in [-0.15, -0.1) is 0 Å². The zero-order valence-corrected chi connectivity index (χ0v) is 11.4. The smallest absolute Gasteiger partial charge is 0.372 e. The van der Waals surface area contributed by atoms with Crippen molar-refractivity contribution >= 4 is 52.5 Å². The SMILES string of the molecule is CCC(I)OB([O])OC(I)CC. The van der Waals surface area contributed by atoms with E-state index in [1.54, 1.807) is 0 Å². The normalized spacial score (nSPS) is 15.8. The van der Waals surface area contributed by atoms with Crippen LogP contribution in [-0.4, -0.2) is 15.5 Å². The van der Waals surface area contributed by atoms with Gasteiger partial charge in [0.05, 0.1) is 8.22 Å². The number of hydrogen-bond acceptors (Lipinski definition) is 2. The topological polar surface area (TPSA) is 38.4 Å². The molecule has 0 heterocycles. The minimum Gasteiger partial charge on any atom is -0.372 e. The van der Waals surface area contributed by atoms with Crippen molar-refractivity contribution < 1.29 is 14.3 Å². The third-order valence-electron chi connectivity index (χ3n) is 1.16. The van der Waals surface area contributed by atoms with Gasteiger partial charge in [0.25, 0.3) is 0 Å². The van der Waals surface area contributed by atoms with Crippen LogP contribution in [0.4, 0.5) is 0 Å². The average Bonchev–Trinajstić information content (AvgIpc) is 2.03. The minimum atomic E-state index is -1.34. The van der Waals surface area contributed by atoms with Gasteiger partial charge in [-0.3, -0.25) is 0 Å². The van der Waals surface area contributed by atoms with E-state index in [4.69, 9.17) is 9.31 Å². The van der Waals surface area contributed by atoms with Crippen LogP contribution in [0.2, 0.25) is 0 Å². The monoisotopic (exact) mass is 397 g/mol. The van der Waals surface area contributed by atoms with Crippen LogP contribution in [0.5, 0.6) is 0 Å². The number of hydrogen-bond donors (Lipinski definition) is 0. The molecule has 1 radical (unpaired) electrons. The minimum absolute atomic E-state index is 0.0504. The molecule has 0 spiro atoms. The summed E-state index contributed by atoms with van der Waals surface area (Å²) in [6, 6.07) is 0. The zero-order valence-electron chi connectivity index (χ0n) is 7.13. The Morgan fingerprint density at radius 2 is 1.50 bits per heavy atom. The fraction of sp³-hybridized carbons (Fsp3) is 1.00. The highest BCUT2D eigenvalue weighted by molar-refractivity contribution is 14.1. The molecular formula is C6H12BI2O3. The van der Waals surface area contributed by atoms with Crippen LogP contribution < -0.4 is 0 Å². The Labute approximate surface area is 101 Å². The Kier molecular flexibility index (Phi) is 8.69. The maximum absolute atomic E-state index is 11.0. The predicted molar refractivity (Wildman–Crippen MR) is 64.8 cm³/mol. The summed E-state index contributed by atoms with van der Waals surface area (Å²) < 4.78 is 9.85. The van der Waals surface area contributed by atoms with Crippen molar-refractivity contribution in [2.75, 3.05) is 0 Å². The van der Waals surface area contributed by atoms with Gasteiger partial charge in [0.1, 0.15) is 0 Å². The molecule has 0 aliphatic carbocycles. The second-order valence-electron chi connectivity index (χ2n) is 2.20. The van der Waals surface area contributed by atoms with Gasteiger partial charge in [-0.2, -0.15) is 0 Å². The molecule has 0 fully saturated rings. The Bertz CT molecular complexity index is 105. The van der Waals surface area contributed by atoms with Gasteiger partial charge in [-0.05, 0) is 12.8 Å². The average molecular weight is 397 g/mol. The lowest BCUT2D eigenvalue weighted by molar-refractivity contribution is 0.0970. The van der Waals surface area contributed by atoms with Gasteiger partial charge in [0.2, 0.25) is 0 Å². The fourth-order valence-electron chi connectivity index (χ4n) is 0.466. The Morgan fingerprint density at radius 3 is 1.75 bits per heavy atom. The van der Waals surface area contributed by atoms with Crippen molar-refractivity contribution in [3.05, 3.63) is 0 Å². The first kappa shape index (κ1) is 13.4. The van der Waals surface area contributed by atoms with Crippen LogP contribution in [0.25, 0.3) is 0 Å². The summed E-state index contributed by atoms with van der Waals surface area (Å²) in [6.45, 7) is 3.93. The lowest BCUT2D eigenvalue weighted by Crippen LogP contribution is -2.27. The first-order valence-electron chi connectivity index (χ1n) is 3.85. The molecule has 0 saturated carbocycles. The molecule has 0 aliphatic rings. The highest BCUT2D eigenvalue weighted by atomic mass is 127. The van der Waals surface area contributed by atoms with E-state index in [1.165, 1.54) is 0 Å². The van der Waals surface area contributed by atoms with E-state index in [0.717, 1.165) is 12.8 Å². The molecule has 0 amide bonds. The van der Waals surface area contributed by atoms with Crippen LogP contribution in [0.3, 0.4) is 0 Å². The summed E-state index contributed by atoms with van der Waals surface area (Å²) >= 11 is 4.15. The van der Waals surface area contributed by atoms with Gasteiger partial charge in [-0.1, -0.05) is 59.0 Å². The summed E-state index contributed by atoms with van der Waals surface area (Å²) in [6.07, 6.45) is 1.64. The van der Waals surface area contributed by atoms with Crippen LogP contribution in [0.15, 0.2) is 0 Å². The molecule has 0 aromatic heterocycles. The van der Waals surface area contributed by atoms with Gasteiger partial charge in [0.15, 0.2) is 0 Å². The van der Waals surface area contributed by atoms with Crippen molar-refractivity contribution in [3.63, 3.8) is 0 Å². The second kappa shape index (κ2) is 7.78. The van der Waals surface area contributed by atoms with Crippen LogP contribution in [0, 0.1) is 0 Å². The van der Waals surface area contributed by atoms with Crippen molar-refractivity contribution in [1.29, 1.82) is 0 Å². The lowest BCUT2D eigenvalue weighted by Gasteiger charge is -2.13. The Morgan fingerprint density at radius 1 is 1.17 bits per heavy atom. The summed E-state index contributed by atoms with van der Waals surface area (Å²) in [7, 11) is -1.34. The largest absolute Gasteiger partial charge is 0.668 e. The summed E-state index contributed by atoms with van der Waals surface area (Å²) in [4.78, 5) is 0. The number of rotatable bonds is 6. The highest BCUT2D eigenvalue weighted by Crippen LogP contribution is 2.12. The maximum atomic E-state index is 11.0. The predicted octanol–water partition coefficient (Wildman–Crippen LogP) is 2.78. The molecule has 0 aromatic rings. The molecule has 0 bridgehead atoms. The van der Waals surface area contributed by atoms with E-state index in [-0.39, 0.29) is 8.22 Å². The number of halogens is 2. The molecule has 0 N–H and O–H groups in total. The molecule has 6 heteroatoms. The van der Waals surface area contributed by atoms with Crippen molar-refractivity contribution in [2.24, 2.45) is 0 Å². The molecule has 0 saturated heterocycles. The molecule has 0 rings (SSSR count). The molecule has 12 heavy (non-hydrogen) atoms. The summed E-state index contributed by atoms with van der Waals surface area (Å²) in [5.74, 6) is 0. The Hall–Kier alpha value is 1.40. The van der Waals surface area contributed by atoms with Crippen LogP contribution in [0.1, 0.15) is 26.7 Å². The first-order chi connectivity index (χ1) is 5.60. The van der Waals surface area contributed by atoms with Crippen molar-refractivity contribution in [1.82, 2.24) is 0 Å². The molecule has 2 unspecified atom stereocenters. The van der Waals surface area contributed by atoms with E-state index in [1.807, 2.05) is 13.8 Å². The highest BCUT2D eigenvalue weighted by Gasteiger charge is 2.24. The Balaban J connectivity index is 3.51. The number of alkyl halides is 2. The van der Waals surface area contributed by atoms with Gasteiger partial charge >= 0.3 is 7.32 Å². The first-order valence-corrected chi connectivity index (χ1v) is 6.34. The van der Waals surface area contributed by atoms with Crippen molar-refractivity contribution in [2.45, 2.75) is 34.9 Å². The standard InChI is InChI=1S/C6H12BI2O3/c1-3-5(8)11-7(10)12-6(9)4-2/h5-6H,3-4H2,1-2H3. The van der Waals surface area contributed by atoms with E-state index >= 15 is 0 Å². The second-order valence-corrected chi connectivity index (χ2v) is 4.98. The summed E-state index contributed by atoms with van der Waals surface area (Å²) in [5.41, 5.74) is 0. The van der Waals surface area contributed by atoms with Crippen LogP contribution in [-0.2, 0) is 14.3 Å². The lowest BCUT2D eigenvalue weighted by atomic mass is 10.2. The molecule has 0 aromatic carbocycles. The third kappa shape index (κ3) is 6.87. The van der Waals surface area contributed by atoms with E-state index < -0.39 is 7.32 Å². The fourth-order valence-corrected chi connectivity index (χ4v) is 0.945. The molecular weight excluding hydrogens is 385 g/mol. The van der Waals surface area contributed by atoms with Gasteiger partial charge in [0, 0.05) is 0 Å². The summed E-state index contributed by atoms with van der Waals surface area (Å²) in [5, 5.41) is 11.0. The van der Waals surface area contributed by atoms with E-state index in [9.17, 15) is 5.02 Å². The van der Waals surface area contributed by atoms with E-state index in [0.29, 0.717) is 0 Å². The molecule has 3 nitrogen and oxygen atoms in total. The zero-order chi connectivity index (χ0) is 9.56. The maximum Gasteiger partial charge on any atom is 0.668 e. The molecule has 0 aliphatic heterocycles. The van der Waals surface area contributed by atoms with Gasteiger partial charge < -0.3 is 9.31 Å². The van der Waals surface area contributed by atoms with E-state index in [2.05, 4.69) is 45.2 Å². The van der Waals surface area contributed by atoms with Gasteiger partial charge in [-0.25, -0.2) is 5.02 Å². The van der Waals surface area contributed by atoms with Crippen molar-refractivity contribution in [3.8, 4) is 0 Å². The third-order valence-corrected chi connectivity index (χ3v) is 3.51. The quantitative estimate of drug-likeness (QED) is 0.393. The molecule has 2 atom stereocenters. The molecule has 71 valence electrons.